The van der Waals surface area contributed by atoms with Gasteiger partial charge in [0.05, 0.1) is 5.69 Å². The van der Waals surface area contributed by atoms with E-state index in [4.69, 9.17) is 5.73 Å². The van der Waals surface area contributed by atoms with Crippen molar-refractivity contribution < 1.29 is 22.7 Å². The summed E-state index contributed by atoms with van der Waals surface area (Å²) < 4.78 is 41.7. The number of carbonyl (C=O) groups excluding carboxylic acids is 1. The van der Waals surface area contributed by atoms with Crippen molar-refractivity contribution in [2.45, 2.75) is 6.36 Å². The summed E-state index contributed by atoms with van der Waals surface area (Å²) in [4.78, 5) is 30.0. The molecule has 32 heavy (non-hydrogen) atoms. The van der Waals surface area contributed by atoms with Crippen LogP contribution in [0.25, 0.3) is 22.2 Å². The molecule has 4 aromatic rings. The number of H-pyrrole nitrogens is 1. The molecule has 2 heterocycles. The number of halogens is 3. The molecule has 0 aliphatic carbocycles. The van der Waals surface area contributed by atoms with Crippen LogP contribution >= 0.6 is 0 Å². The number of nitrogens with one attached hydrogen (secondary N) is 2. The zero-order valence-corrected chi connectivity index (χ0v) is 16.2. The smallest absolute Gasteiger partial charge is 0.406 e. The molecule has 4 N–H and O–H groups in total. The molecule has 4 rings (SSSR count). The zero-order valence-electron chi connectivity index (χ0n) is 16.2. The summed E-state index contributed by atoms with van der Waals surface area (Å²) in [5.41, 5.74) is 7.63. The van der Waals surface area contributed by atoms with Gasteiger partial charge in [0, 0.05) is 28.9 Å². The Bertz CT molecular complexity index is 1370. The maximum Gasteiger partial charge on any atom is 0.573 e. The van der Waals surface area contributed by atoms with Crippen molar-refractivity contribution >= 4 is 28.3 Å². The molecule has 0 saturated heterocycles. The van der Waals surface area contributed by atoms with Crippen molar-refractivity contribution in [3.63, 3.8) is 0 Å². The van der Waals surface area contributed by atoms with Crippen LogP contribution < -0.4 is 21.3 Å². The summed E-state index contributed by atoms with van der Waals surface area (Å²) >= 11 is 0. The lowest BCUT2D eigenvalue weighted by atomic mass is 9.98. The topological polar surface area (TPSA) is 110 Å². The van der Waals surface area contributed by atoms with Crippen LogP contribution in [-0.4, -0.2) is 22.2 Å². The van der Waals surface area contributed by atoms with Gasteiger partial charge in [-0.2, -0.15) is 0 Å². The average Bonchev–Trinajstić information content (AvgIpc) is 2.73. The van der Waals surface area contributed by atoms with Gasteiger partial charge in [0.15, 0.2) is 0 Å². The van der Waals surface area contributed by atoms with Crippen LogP contribution in [0.15, 0.2) is 71.7 Å². The number of nitrogens with two attached hydrogens (primary N) is 1. The van der Waals surface area contributed by atoms with E-state index >= 15 is 0 Å². The van der Waals surface area contributed by atoms with Crippen LogP contribution in [0.3, 0.4) is 0 Å². The molecule has 0 fully saturated rings. The molecule has 1 amide bonds. The summed E-state index contributed by atoms with van der Waals surface area (Å²) in [5, 5.41) is 3.90. The standard InChI is InChI=1S/C22H15F3N4O3/c23-22(24,25)32-14-5-6-15(20(26)31)17(11-14)12-1-3-13(4-2-12)28-18-9-10-27-21-16(18)7-8-19(30)29-21/h1-11H,(H2,26,31)(H2,27,28,29,30). The van der Waals surface area contributed by atoms with E-state index < -0.39 is 18.0 Å². The van der Waals surface area contributed by atoms with Gasteiger partial charge in [-0.1, -0.05) is 12.1 Å². The quantitative estimate of drug-likeness (QED) is 0.428. The Morgan fingerprint density at radius 3 is 2.47 bits per heavy atom. The SMILES string of the molecule is NC(=O)c1ccc(OC(F)(F)F)cc1-c1ccc(Nc2ccnc3[nH]c(=O)ccc23)cc1. The Morgan fingerprint density at radius 2 is 1.78 bits per heavy atom. The lowest BCUT2D eigenvalue weighted by Gasteiger charge is -2.14. The molecule has 2 aromatic carbocycles. The monoisotopic (exact) mass is 440 g/mol. The molecule has 10 heteroatoms. The number of benzene rings is 2. The summed E-state index contributed by atoms with van der Waals surface area (Å²) in [6.07, 6.45) is -3.32. The predicted molar refractivity (Wildman–Crippen MR) is 113 cm³/mol. The van der Waals surface area contributed by atoms with Gasteiger partial charge in [0.25, 0.3) is 0 Å². The number of carbonyl (C=O) groups is 1. The molecule has 2 aromatic heterocycles. The number of hydrogen-bond donors (Lipinski definition) is 3. The van der Waals surface area contributed by atoms with Gasteiger partial charge in [0.2, 0.25) is 11.5 Å². The van der Waals surface area contributed by atoms with E-state index in [0.29, 0.717) is 28.0 Å². The van der Waals surface area contributed by atoms with E-state index in [1.54, 1.807) is 42.6 Å². The van der Waals surface area contributed by atoms with E-state index in [1.165, 1.54) is 12.1 Å². The molecule has 0 radical (unpaired) electrons. The van der Waals surface area contributed by atoms with Gasteiger partial charge in [-0.05, 0) is 53.6 Å². The van der Waals surface area contributed by atoms with Crippen molar-refractivity contribution in [3.8, 4) is 16.9 Å². The number of pyridine rings is 2. The van der Waals surface area contributed by atoms with E-state index in [2.05, 4.69) is 20.0 Å². The summed E-state index contributed by atoms with van der Waals surface area (Å²) in [6, 6.07) is 14.7. The second-order valence-corrected chi connectivity index (χ2v) is 6.77. The third kappa shape index (κ3) is 4.53. The van der Waals surface area contributed by atoms with Crippen LogP contribution in [0.2, 0.25) is 0 Å². The number of hydrogen-bond acceptors (Lipinski definition) is 5. The molecular formula is C22H15F3N4O3. The number of fused-ring (bicyclic) bond motifs is 1. The minimum atomic E-state index is -4.86. The maximum absolute atomic E-state index is 12.6. The number of amides is 1. The number of rotatable bonds is 5. The fourth-order valence-corrected chi connectivity index (χ4v) is 3.23. The summed E-state index contributed by atoms with van der Waals surface area (Å²) in [7, 11) is 0. The third-order valence-electron chi connectivity index (χ3n) is 4.60. The number of anilines is 2. The number of ether oxygens (including phenoxy) is 1. The van der Waals surface area contributed by atoms with Gasteiger partial charge in [-0.3, -0.25) is 9.59 Å². The molecule has 0 aliphatic rings. The van der Waals surface area contributed by atoms with Crippen molar-refractivity contribution in [1.82, 2.24) is 9.97 Å². The number of nitrogens with zero attached hydrogens (tertiary/aromatic N) is 1. The van der Waals surface area contributed by atoms with E-state index in [9.17, 15) is 22.8 Å². The lowest BCUT2D eigenvalue weighted by Crippen LogP contribution is -2.18. The van der Waals surface area contributed by atoms with Crippen molar-refractivity contribution in [2.75, 3.05) is 5.32 Å². The zero-order chi connectivity index (χ0) is 22.9. The molecule has 0 saturated carbocycles. The first-order valence-corrected chi connectivity index (χ1v) is 9.25. The van der Waals surface area contributed by atoms with Crippen LogP contribution in [0, 0.1) is 0 Å². The highest BCUT2D eigenvalue weighted by Gasteiger charge is 2.31. The Kier molecular flexibility index (Phi) is 5.27. The number of alkyl halides is 3. The van der Waals surface area contributed by atoms with Gasteiger partial charge >= 0.3 is 6.36 Å². The second-order valence-electron chi connectivity index (χ2n) is 6.77. The molecular weight excluding hydrogens is 425 g/mol. The number of primary amides is 1. The van der Waals surface area contributed by atoms with Gasteiger partial charge < -0.3 is 20.8 Å². The highest BCUT2D eigenvalue weighted by molar-refractivity contribution is 6.00. The minimum absolute atomic E-state index is 0.0596. The summed E-state index contributed by atoms with van der Waals surface area (Å²) in [6.45, 7) is 0. The fraction of sp³-hybridized carbons (Fsp3) is 0.0455. The maximum atomic E-state index is 12.6. The van der Waals surface area contributed by atoms with Gasteiger partial charge in [-0.25, -0.2) is 4.98 Å². The first-order chi connectivity index (χ1) is 15.2. The molecule has 162 valence electrons. The molecule has 7 nitrogen and oxygen atoms in total. The average molecular weight is 440 g/mol. The number of aromatic nitrogens is 2. The Morgan fingerprint density at radius 1 is 1.03 bits per heavy atom. The predicted octanol–water partition coefficient (Wildman–Crippen LogP) is 4.33. The highest BCUT2D eigenvalue weighted by Crippen LogP contribution is 2.32. The lowest BCUT2D eigenvalue weighted by molar-refractivity contribution is -0.274. The molecule has 0 aliphatic heterocycles. The van der Waals surface area contributed by atoms with Gasteiger partial charge in [-0.15, -0.1) is 13.2 Å². The Labute approximate surface area is 178 Å². The van der Waals surface area contributed by atoms with Crippen molar-refractivity contribution in [1.29, 1.82) is 0 Å². The van der Waals surface area contributed by atoms with E-state index in [0.717, 1.165) is 12.1 Å². The van der Waals surface area contributed by atoms with Crippen LogP contribution in [0.5, 0.6) is 5.75 Å². The summed E-state index contributed by atoms with van der Waals surface area (Å²) in [5.74, 6) is -1.24. The molecule has 0 bridgehead atoms. The van der Waals surface area contributed by atoms with E-state index in [1.807, 2.05) is 0 Å². The number of aromatic amines is 1. The fourth-order valence-electron chi connectivity index (χ4n) is 3.23. The van der Waals surface area contributed by atoms with Crippen LogP contribution in [0.1, 0.15) is 10.4 Å². The highest BCUT2D eigenvalue weighted by atomic mass is 19.4. The minimum Gasteiger partial charge on any atom is -0.406 e. The molecule has 0 unspecified atom stereocenters. The third-order valence-corrected chi connectivity index (χ3v) is 4.60. The van der Waals surface area contributed by atoms with Crippen molar-refractivity contribution in [3.05, 3.63) is 82.8 Å². The Balaban J connectivity index is 1.66. The second kappa shape index (κ2) is 8.06. The van der Waals surface area contributed by atoms with Crippen molar-refractivity contribution in [2.24, 2.45) is 5.73 Å². The Hall–Kier alpha value is -4.34. The van der Waals surface area contributed by atoms with Gasteiger partial charge in [0.1, 0.15) is 11.4 Å². The first kappa shape index (κ1) is 20.9. The van der Waals surface area contributed by atoms with Crippen LogP contribution in [0.4, 0.5) is 24.5 Å². The largest absolute Gasteiger partial charge is 0.573 e. The van der Waals surface area contributed by atoms with E-state index in [-0.39, 0.29) is 16.7 Å². The van der Waals surface area contributed by atoms with Crippen LogP contribution in [-0.2, 0) is 0 Å². The first-order valence-electron chi connectivity index (χ1n) is 9.25. The normalized spacial score (nSPS) is 11.3. The molecule has 0 spiro atoms. The molecule has 0 atom stereocenters.